The summed E-state index contributed by atoms with van der Waals surface area (Å²) < 4.78 is 0. The third-order valence-corrected chi connectivity index (χ3v) is 6.48. The van der Waals surface area contributed by atoms with Gasteiger partial charge in [-0.05, 0) is 81.1 Å². The van der Waals surface area contributed by atoms with Crippen molar-refractivity contribution in [2.24, 2.45) is 29.1 Å². The highest BCUT2D eigenvalue weighted by Crippen LogP contribution is 2.52. The molecule has 0 aliphatic heterocycles. The standard InChI is InChI=1S/C17H31N/c1-17(2)8-6-13(7-9-17)16(18-3)15-11-12-4-5-14(15)10-12/h12-16,18H,4-11H2,1-3H3. The Labute approximate surface area is 113 Å². The number of fused-ring (bicyclic) bond motifs is 2. The molecule has 3 rings (SSSR count). The molecule has 4 atom stereocenters. The predicted octanol–water partition coefficient (Wildman–Crippen LogP) is 4.23. The first-order valence-corrected chi connectivity index (χ1v) is 8.26. The zero-order valence-electron chi connectivity index (χ0n) is 12.5. The van der Waals surface area contributed by atoms with Crippen molar-refractivity contribution in [3.63, 3.8) is 0 Å². The van der Waals surface area contributed by atoms with Crippen LogP contribution < -0.4 is 5.32 Å². The van der Waals surface area contributed by atoms with Crippen LogP contribution in [0, 0.1) is 29.1 Å². The van der Waals surface area contributed by atoms with E-state index in [1.807, 2.05) is 0 Å². The summed E-state index contributed by atoms with van der Waals surface area (Å²) >= 11 is 0. The fraction of sp³-hybridized carbons (Fsp3) is 1.00. The minimum Gasteiger partial charge on any atom is -0.316 e. The lowest BCUT2D eigenvalue weighted by Gasteiger charge is -2.42. The molecule has 0 amide bonds. The molecule has 0 aromatic carbocycles. The van der Waals surface area contributed by atoms with Gasteiger partial charge in [-0.25, -0.2) is 0 Å². The molecular formula is C17H31N. The maximum atomic E-state index is 3.73. The molecule has 0 radical (unpaired) electrons. The van der Waals surface area contributed by atoms with E-state index in [9.17, 15) is 0 Å². The van der Waals surface area contributed by atoms with E-state index in [4.69, 9.17) is 0 Å². The van der Waals surface area contributed by atoms with Gasteiger partial charge in [0, 0.05) is 6.04 Å². The van der Waals surface area contributed by atoms with Crippen molar-refractivity contribution in [1.29, 1.82) is 0 Å². The van der Waals surface area contributed by atoms with E-state index >= 15 is 0 Å². The maximum absolute atomic E-state index is 3.73. The van der Waals surface area contributed by atoms with Crippen molar-refractivity contribution in [1.82, 2.24) is 5.32 Å². The first-order valence-electron chi connectivity index (χ1n) is 8.26. The van der Waals surface area contributed by atoms with E-state index in [0.717, 1.165) is 29.7 Å². The smallest absolute Gasteiger partial charge is 0.0123 e. The molecule has 0 saturated heterocycles. The molecule has 3 saturated carbocycles. The van der Waals surface area contributed by atoms with Crippen LogP contribution in [0.4, 0.5) is 0 Å². The van der Waals surface area contributed by atoms with Crippen LogP contribution in [-0.4, -0.2) is 13.1 Å². The third-order valence-electron chi connectivity index (χ3n) is 6.48. The number of rotatable bonds is 3. The van der Waals surface area contributed by atoms with Crippen LogP contribution in [0.5, 0.6) is 0 Å². The number of hydrogen-bond donors (Lipinski definition) is 1. The first kappa shape index (κ1) is 13.0. The van der Waals surface area contributed by atoms with Gasteiger partial charge in [0.2, 0.25) is 0 Å². The molecule has 1 nitrogen and oxygen atoms in total. The summed E-state index contributed by atoms with van der Waals surface area (Å²) in [7, 11) is 2.22. The van der Waals surface area contributed by atoms with Crippen LogP contribution in [0.2, 0.25) is 0 Å². The Morgan fingerprint density at radius 3 is 2.22 bits per heavy atom. The largest absolute Gasteiger partial charge is 0.316 e. The topological polar surface area (TPSA) is 12.0 Å². The second kappa shape index (κ2) is 4.81. The van der Waals surface area contributed by atoms with Gasteiger partial charge in [-0.3, -0.25) is 0 Å². The van der Waals surface area contributed by atoms with Crippen molar-refractivity contribution < 1.29 is 0 Å². The highest BCUT2D eigenvalue weighted by molar-refractivity contribution is 4.98. The van der Waals surface area contributed by atoms with Crippen LogP contribution in [0.25, 0.3) is 0 Å². The van der Waals surface area contributed by atoms with Gasteiger partial charge in [-0.2, -0.15) is 0 Å². The average Bonchev–Trinajstić information content (AvgIpc) is 2.94. The highest BCUT2D eigenvalue weighted by Gasteiger charge is 2.45. The Bertz CT molecular complexity index is 286. The average molecular weight is 249 g/mol. The monoisotopic (exact) mass is 249 g/mol. The SMILES string of the molecule is CNC(C1CCC(C)(C)CC1)C1CC2CCC1C2. The van der Waals surface area contributed by atoms with Gasteiger partial charge >= 0.3 is 0 Å². The molecule has 0 spiro atoms. The predicted molar refractivity (Wildman–Crippen MR) is 77.5 cm³/mol. The zero-order chi connectivity index (χ0) is 12.8. The minimum absolute atomic E-state index is 0.615. The van der Waals surface area contributed by atoms with E-state index in [-0.39, 0.29) is 0 Å². The normalized spacial score (nSPS) is 41.2. The summed E-state index contributed by atoms with van der Waals surface area (Å²) in [6.07, 6.45) is 12.0. The van der Waals surface area contributed by atoms with E-state index in [1.165, 1.54) is 44.9 Å². The van der Waals surface area contributed by atoms with Gasteiger partial charge in [-0.15, -0.1) is 0 Å². The summed E-state index contributed by atoms with van der Waals surface area (Å²) in [5.74, 6) is 4.14. The van der Waals surface area contributed by atoms with Crippen LogP contribution in [-0.2, 0) is 0 Å². The van der Waals surface area contributed by atoms with E-state index in [1.54, 1.807) is 6.42 Å². The van der Waals surface area contributed by atoms with Crippen LogP contribution >= 0.6 is 0 Å². The van der Waals surface area contributed by atoms with Gasteiger partial charge in [0.05, 0.1) is 0 Å². The lowest BCUT2D eigenvalue weighted by molar-refractivity contribution is 0.119. The van der Waals surface area contributed by atoms with Gasteiger partial charge < -0.3 is 5.32 Å². The molecule has 18 heavy (non-hydrogen) atoms. The summed E-state index contributed by atoms with van der Waals surface area (Å²) in [4.78, 5) is 0. The Hall–Kier alpha value is -0.0400. The zero-order valence-corrected chi connectivity index (χ0v) is 12.5. The van der Waals surface area contributed by atoms with Crippen LogP contribution in [0.15, 0.2) is 0 Å². The van der Waals surface area contributed by atoms with Crippen molar-refractivity contribution in [2.45, 2.75) is 71.3 Å². The third kappa shape index (κ3) is 2.35. The highest BCUT2D eigenvalue weighted by atomic mass is 14.9. The molecule has 0 aromatic rings. The quantitative estimate of drug-likeness (QED) is 0.789. The van der Waals surface area contributed by atoms with Crippen molar-refractivity contribution in [2.75, 3.05) is 7.05 Å². The molecule has 1 heteroatoms. The lowest BCUT2D eigenvalue weighted by Crippen LogP contribution is -2.44. The summed E-state index contributed by atoms with van der Waals surface area (Å²) in [6.45, 7) is 4.91. The molecule has 1 N–H and O–H groups in total. The molecule has 3 fully saturated rings. The summed E-state index contributed by atoms with van der Waals surface area (Å²) in [5, 5.41) is 3.73. The lowest BCUT2D eigenvalue weighted by atomic mass is 9.67. The second-order valence-electron chi connectivity index (χ2n) is 8.15. The molecule has 2 bridgehead atoms. The number of hydrogen-bond acceptors (Lipinski definition) is 1. The number of nitrogens with one attached hydrogen (secondary N) is 1. The van der Waals surface area contributed by atoms with Crippen molar-refractivity contribution >= 4 is 0 Å². The molecule has 0 heterocycles. The fourth-order valence-corrected chi connectivity index (χ4v) is 5.31. The molecule has 3 aliphatic carbocycles. The summed E-state index contributed by atoms with van der Waals surface area (Å²) in [6, 6.07) is 0.830. The Balaban J connectivity index is 1.63. The Morgan fingerprint density at radius 2 is 1.72 bits per heavy atom. The van der Waals surface area contributed by atoms with Gasteiger partial charge in [-0.1, -0.05) is 20.3 Å². The van der Waals surface area contributed by atoms with E-state index < -0.39 is 0 Å². The van der Waals surface area contributed by atoms with E-state index in [0.29, 0.717) is 5.41 Å². The molecule has 104 valence electrons. The summed E-state index contributed by atoms with van der Waals surface area (Å²) in [5.41, 5.74) is 0.615. The maximum Gasteiger partial charge on any atom is 0.0123 e. The van der Waals surface area contributed by atoms with Crippen LogP contribution in [0.3, 0.4) is 0 Å². The minimum atomic E-state index is 0.615. The Morgan fingerprint density at radius 1 is 1.00 bits per heavy atom. The van der Waals surface area contributed by atoms with Crippen molar-refractivity contribution in [3.8, 4) is 0 Å². The first-order chi connectivity index (χ1) is 8.59. The molecule has 4 unspecified atom stereocenters. The Kier molecular flexibility index (Phi) is 3.47. The van der Waals surface area contributed by atoms with Gasteiger partial charge in [0.15, 0.2) is 0 Å². The fourth-order valence-electron chi connectivity index (χ4n) is 5.31. The van der Waals surface area contributed by atoms with E-state index in [2.05, 4.69) is 26.2 Å². The van der Waals surface area contributed by atoms with Crippen LogP contribution in [0.1, 0.15) is 65.2 Å². The van der Waals surface area contributed by atoms with Gasteiger partial charge in [0.25, 0.3) is 0 Å². The molecule has 3 aliphatic rings. The van der Waals surface area contributed by atoms with Gasteiger partial charge in [0.1, 0.15) is 0 Å². The molecular weight excluding hydrogens is 218 g/mol. The van der Waals surface area contributed by atoms with Crippen molar-refractivity contribution in [3.05, 3.63) is 0 Å². The second-order valence-corrected chi connectivity index (χ2v) is 8.15. The molecule has 0 aromatic heterocycles.